The molecular formula is C26H33N4O2+. The monoisotopic (exact) mass is 433 g/mol. The van der Waals surface area contributed by atoms with Gasteiger partial charge >= 0.3 is 6.09 Å². The molecule has 32 heavy (non-hydrogen) atoms. The van der Waals surface area contributed by atoms with Crippen LogP contribution in [0.3, 0.4) is 0 Å². The van der Waals surface area contributed by atoms with Crippen LogP contribution in [-0.2, 0) is 17.7 Å². The van der Waals surface area contributed by atoms with Gasteiger partial charge in [-0.15, -0.1) is 4.68 Å². The SMILES string of the molecule is CC(C)(C)OC(=O)N1CCN(c2ccc(-c3cc[nH][n+]3CCc3ccccc3)cc2)CC1. The second-order valence-corrected chi connectivity index (χ2v) is 9.24. The number of carbonyl (C=O) groups is 1. The largest absolute Gasteiger partial charge is 0.444 e. The minimum atomic E-state index is -0.458. The van der Waals surface area contributed by atoms with Gasteiger partial charge in [0, 0.05) is 49.9 Å². The maximum atomic E-state index is 12.3. The Morgan fingerprint density at radius 3 is 2.31 bits per heavy atom. The highest BCUT2D eigenvalue weighted by Crippen LogP contribution is 2.22. The number of H-pyrrole nitrogens is 1. The lowest BCUT2D eigenvalue weighted by atomic mass is 10.1. The zero-order chi connectivity index (χ0) is 22.6. The molecule has 2 heterocycles. The molecule has 1 aliphatic rings. The Balaban J connectivity index is 1.35. The lowest BCUT2D eigenvalue weighted by Gasteiger charge is -2.36. The summed E-state index contributed by atoms with van der Waals surface area (Å²) in [6.45, 7) is 9.57. The highest BCUT2D eigenvalue weighted by atomic mass is 16.6. The normalized spacial score (nSPS) is 14.5. The predicted molar refractivity (Wildman–Crippen MR) is 127 cm³/mol. The van der Waals surface area contributed by atoms with E-state index in [0.717, 1.165) is 26.1 Å². The summed E-state index contributed by atoms with van der Waals surface area (Å²) in [7, 11) is 0. The molecule has 0 saturated carbocycles. The second kappa shape index (κ2) is 9.47. The lowest BCUT2D eigenvalue weighted by Crippen LogP contribution is -2.50. The minimum absolute atomic E-state index is 0.222. The summed E-state index contributed by atoms with van der Waals surface area (Å²) in [6, 6.07) is 21.4. The average molecular weight is 434 g/mol. The van der Waals surface area contributed by atoms with E-state index in [0.29, 0.717) is 13.1 Å². The van der Waals surface area contributed by atoms with E-state index < -0.39 is 5.60 Å². The fourth-order valence-corrected chi connectivity index (χ4v) is 4.01. The van der Waals surface area contributed by atoms with E-state index in [2.05, 4.69) is 75.3 Å². The van der Waals surface area contributed by atoms with Crippen molar-refractivity contribution in [2.45, 2.75) is 39.3 Å². The van der Waals surface area contributed by atoms with Crippen LogP contribution < -0.4 is 9.58 Å². The summed E-state index contributed by atoms with van der Waals surface area (Å²) < 4.78 is 7.69. The van der Waals surface area contributed by atoms with Gasteiger partial charge in [-0.25, -0.2) is 4.79 Å². The van der Waals surface area contributed by atoms with Gasteiger partial charge in [0.2, 0.25) is 5.69 Å². The molecule has 1 N–H and O–H groups in total. The number of aryl methyl sites for hydroxylation is 2. The number of hydrogen-bond donors (Lipinski definition) is 1. The van der Waals surface area contributed by atoms with Gasteiger partial charge in [-0.2, -0.15) is 5.10 Å². The predicted octanol–water partition coefficient (Wildman–Crippen LogP) is 4.27. The molecule has 3 aromatic rings. The zero-order valence-corrected chi connectivity index (χ0v) is 19.3. The van der Waals surface area contributed by atoms with Crippen LogP contribution in [0.5, 0.6) is 0 Å². The number of nitrogens with zero attached hydrogens (tertiary/aromatic N) is 3. The number of nitrogens with one attached hydrogen (secondary N) is 1. The Bertz CT molecular complexity index is 1010. The highest BCUT2D eigenvalue weighted by molar-refractivity contribution is 5.69. The average Bonchev–Trinajstić information content (AvgIpc) is 3.26. The Morgan fingerprint density at radius 2 is 1.66 bits per heavy atom. The topological polar surface area (TPSA) is 52.5 Å². The van der Waals surface area contributed by atoms with Gasteiger partial charge in [-0.05, 0) is 50.6 Å². The summed E-state index contributed by atoms with van der Waals surface area (Å²) >= 11 is 0. The van der Waals surface area contributed by atoms with Crippen LogP contribution in [0.25, 0.3) is 11.3 Å². The maximum Gasteiger partial charge on any atom is 0.410 e. The molecule has 1 saturated heterocycles. The van der Waals surface area contributed by atoms with Gasteiger partial charge in [-0.1, -0.05) is 30.3 Å². The molecule has 0 spiro atoms. The van der Waals surface area contributed by atoms with Crippen molar-refractivity contribution in [3.8, 4) is 11.3 Å². The van der Waals surface area contributed by atoms with E-state index in [1.54, 1.807) is 4.90 Å². The number of rotatable bonds is 5. The first-order valence-corrected chi connectivity index (χ1v) is 11.3. The molecule has 1 aromatic heterocycles. The van der Waals surface area contributed by atoms with Gasteiger partial charge in [-0.3, -0.25) is 0 Å². The molecule has 0 radical (unpaired) electrons. The van der Waals surface area contributed by atoms with Crippen molar-refractivity contribution in [2.75, 3.05) is 31.1 Å². The van der Waals surface area contributed by atoms with Crippen molar-refractivity contribution in [1.82, 2.24) is 10.00 Å². The number of anilines is 1. The standard InChI is InChI=1S/C26H32N4O2/c1-26(2,3)32-25(31)29-19-17-28(18-20-29)23-11-9-22(10-12-23)24-13-15-27-30(24)16-14-21-7-5-4-6-8-21/h4-13,15H,14,16-20H2,1-3H3/p+1. The van der Waals surface area contributed by atoms with E-state index in [4.69, 9.17) is 4.74 Å². The minimum Gasteiger partial charge on any atom is -0.444 e. The maximum absolute atomic E-state index is 12.3. The lowest BCUT2D eigenvalue weighted by molar-refractivity contribution is -0.739. The fourth-order valence-electron chi connectivity index (χ4n) is 4.01. The number of amides is 1. The van der Waals surface area contributed by atoms with Gasteiger partial charge < -0.3 is 14.5 Å². The van der Waals surface area contributed by atoms with E-state index in [9.17, 15) is 4.79 Å². The number of ether oxygens (including phenoxy) is 1. The van der Waals surface area contributed by atoms with Crippen molar-refractivity contribution in [3.63, 3.8) is 0 Å². The number of carbonyl (C=O) groups excluding carboxylic acids is 1. The van der Waals surface area contributed by atoms with Crippen LogP contribution in [-0.4, -0.2) is 47.9 Å². The van der Waals surface area contributed by atoms with Crippen LogP contribution in [0.1, 0.15) is 26.3 Å². The van der Waals surface area contributed by atoms with E-state index in [1.807, 2.05) is 27.0 Å². The number of aromatic nitrogens is 2. The number of hydrogen-bond acceptors (Lipinski definition) is 3. The van der Waals surface area contributed by atoms with Crippen LogP contribution in [0.4, 0.5) is 10.5 Å². The molecule has 0 atom stereocenters. The number of piperazine rings is 1. The van der Waals surface area contributed by atoms with E-state index in [1.165, 1.54) is 22.5 Å². The van der Waals surface area contributed by atoms with Gasteiger partial charge in [0.1, 0.15) is 5.60 Å². The summed E-state index contributed by atoms with van der Waals surface area (Å²) in [5, 5.41) is 3.34. The molecule has 6 nitrogen and oxygen atoms in total. The molecule has 0 bridgehead atoms. The fraction of sp³-hybridized carbons (Fsp3) is 0.385. The first kappa shape index (κ1) is 21.9. The Hall–Kier alpha value is -3.28. The first-order chi connectivity index (χ1) is 15.4. The summed E-state index contributed by atoms with van der Waals surface area (Å²) in [6.07, 6.45) is 2.75. The third kappa shape index (κ3) is 5.49. The third-order valence-corrected chi connectivity index (χ3v) is 5.69. The number of benzene rings is 2. The highest BCUT2D eigenvalue weighted by Gasteiger charge is 2.26. The van der Waals surface area contributed by atoms with Crippen molar-refractivity contribution in [2.24, 2.45) is 0 Å². The van der Waals surface area contributed by atoms with E-state index in [-0.39, 0.29) is 6.09 Å². The van der Waals surface area contributed by atoms with Crippen LogP contribution >= 0.6 is 0 Å². The molecule has 1 aliphatic heterocycles. The van der Waals surface area contributed by atoms with Gasteiger partial charge in [0.05, 0.1) is 6.20 Å². The molecule has 0 unspecified atom stereocenters. The van der Waals surface area contributed by atoms with Crippen LogP contribution in [0, 0.1) is 0 Å². The molecule has 1 fully saturated rings. The molecule has 1 amide bonds. The summed E-state index contributed by atoms with van der Waals surface area (Å²) in [5.74, 6) is 0. The van der Waals surface area contributed by atoms with Gasteiger partial charge in [0.25, 0.3) is 0 Å². The van der Waals surface area contributed by atoms with E-state index >= 15 is 0 Å². The first-order valence-electron chi connectivity index (χ1n) is 11.3. The Labute approximate surface area is 190 Å². The van der Waals surface area contributed by atoms with Crippen LogP contribution in [0.15, 0.2) is 66.9 Å². The van der Waals surface area contributed by atoms with Crippen molar-refractivity contribution in [1.29, 1.82) is 0 Å². The molecule has 0 aliphatic carbocycles. The Kier molecular flexibility index (Phi) is 6.49. The van der Waals surface area contributed by atoms with Crippen molar-refractivity contribution < 1.29 is 14.2 Å². The smallest absolute Gasteiger partial charge is 0.410 e. The molecular weight excluding hydrogens is 400 g/mol. The molecule has 2 aromatic carbocycles. The molecule has 168 valence electrons. The molecule has 4 rings (SSSR count). The van der Waals surface area contributed by atoms with Gasteiger partial charge in [0.15, 0.2) is 6.54 Å². The zero-order valence-electron chi connectivity index (χ0n) is 19.3. The summed E-state index contributed by atoms with van der Waals surface area (Å²) in [4.78, 5) is 16.4. The molecule has 6 heteroatoms. The Morgan fingerprint density at radius 1 is 0.969 bits per heavy atom. The van der Waals surface area contributed by atoms with Crippen molar-refractivity contribution >= 4 is 11.8 Å². The number of aromatic amines is 1. The third-order valence-electron chi connectivity index (χ3n) is 5.69. The van der Waals surface area contributed by atoms with Crippen molar-refractivity contribution in [3.05, 3.63) is 72.4 Å². The second-order valence-electron chi connectivity index (χ2n) is 9.24. The van der Waals surface area contributed by atoms with Crippen LogP contribution in [0.2, 0.25) is 0 Å². The quantitative estimate of drug-likeness (QED) is 0.612. The summed E-state index contributed by atoms with van der Waals surface area (Å²) in [5.41, 5.74) is 4.43.